The number of benzene rings is 3. The molecule has 1 aliphatic carbocycles. The van der Waals surface area contributed by atoms with Crippen molar-refractivity contribution >= 4 is 5.97 Å². The van der Waals surface area contributed by atoms with Crippen LogP contribution in [0.25, 0.3) is 21.6 Å². The van der Waals surface area contributed by atoms with Gasteiger partial charge in [-0.1, -0.05) is 49.3 Å². The van der Waals surface area contributed by atoms with Crippen molar-refractivity contribution in [2.45, 2.75) is 51.0 Å². The monoisotopic (exact) mass is 517 g/mol. The first-order chi connectivity index (χ1) is 18.2. The van der Waals surface area contributed by atoms with Crippen LogP contribution in [0.15, 0.2) is 65.8 Å². The van der Waals surface area contributed by atoms with E-state index in [0.717, 1.165) is 29.5 Å². The van der Waals surface area contributed by atoms with Crippen molar-refractivity contribution in [3.63, 3.8) is 0 Å². The van der Waals surface area contributed by atoms with Crippen LogP contribution in [0.1, 0.15) is 55.7 Å². The van der Waals surface area contributed by atoms with Gasteiger partial charge in [-0.25, -0.2) is 4.39 Å². The highest BCUT2D eigenvalue weighted by Gasteiger charge is 2.34. The number of halogens is 1. The maximum absolute atomic E-state index is 14.9. The fourth-order valence-electron chi connectivity index (χ4n) is 4.85. The summed E-state index contributed by atoms with van der Waals surface area (Å²) < 4.78 is 26.4. The minimum atomic E-state index is -0.795. The summed E-state index contributed by atoms with van der Waals surface area (Å²) in [6, 6.07) is 18.0. The molecule has 4 rings (SSSR count). The van der Waals surface area contributed by atoms with Crippen LogP contribution in [0.4, 0.5) is 4.39 Å². The average Bonchev–Trinajstić information content (AvgIpc) is 3.75. The normalized spacial score (nSPS) is 13.9. The third kappa shape index (κ3) is 6.45. The summed E-state index contributed by atoms with van der Waals surface area (Å²) in [7, 11) is 1.54. The molecule has 8 heteroatoms. The molecule has 3 aromatic carbocycles. The van der Waals surface area contributed by atoms with Gasteiger partial charge in [0.25, 0.3) is 0 Å². The van der Waals surface area contributed by atoms with Crippen LogP contribution in [-0.2, 0) is 16.8 Å². The molecule has 1 aliphatic rings. The first-order valence-electron chi connectivity index (χ1n) is 12.6. The fourth-order valence-corrected chi connectivity index (χ4v) is 4.85. The quantitative estimate of drug-likeness (QED) is 0.151. The van der Waals surface area contributed by atoms with E-state index in [-0.39, 0.29) is 31.3 Å². The number of carboxylic acids is 1. The number of azide groups is 1. The minimum Gasteiger partial charge on any atom is -0.497 e. The number of aliphatic carboxylic acids is 1. The Bertz CT molecular complexity index is 1360. The smallest absolute Gasteiger partial charge is 0.303 e. The zero-order valence-corrected chi connectivity index (χ0v) is 21.9. The molecule has 0 amide bonds. The highest BCUT2D eigenvalue weighted by atomic mass is 19.1. The molecular weight excluding hydrogens is 485 g/mol. The van der Waals surface area contributed by atoms with Crippen LogP contribution in [0.2, 0.25) is 0 Å². The van der Waals surface area contributed by atoms with Gasteiger partial charge in [-0.3, -0.25) is 4.79 Å². The number of rotatable bonds is 12. The molecule has 1 fully saturated rings. The van der Waals surface area contributed by atoms with Gasteiger partial charge in [0.1, 0.15) is 23.9 Å². The van der Waals surface area contributed by atoms with Crippen molar-refractivity contribution in [3.05, 3.63) is 93.6 Å². The number of carbonyl (C=O) groups is 1. The second-order valence-corrected chi connectivity index (χ2v) is 10.4. The van der Waals surface area contributed by atoms with Crippen molar-refractivity contribution < 1.29 is 23.8 Å². The summed E-state index contributed by atoms with van der Waals surface area (Å²) in [6.07, 6.45) is 2.22. The van der Waals surface area contributed by atoms with E-state index >= 15 is 0 Å². The molecule has 1 atom stereocenters. The molecule has 0 aliphatic heterocycles. The molecule has 3 aromatic rings. The molecule has 0 saturated heterocycles. The molecule has 1 saturated carbocycles. The number of carboxylic acid groups (broad SMARTS) is 1. The average molecular weight is 518 g/mol. The standard InChI is InChI=1S/C30H32FN3O4/c1-30(2,18-33-34-32)27-13-19(7-11-24(27)26-15-22(37-3)10-12-28(26)31)17-38-23-6-4-5-21(14-23)25(16-29(35)36)20-8-9-20/h4-7,10-15,20,25H,8-9,16-18H2,1-3H3,(H,35,36)/t25-/m1/s1. The van der Waals surface area contributed by atoms with Gasteiger partial charge in [0.2, 0.25) is 0 Å². The largest absolute Gasteiger partial charge is 0.497 e. The van der Waals surface area contributed by atoms with Crippen LogP contribution < -0.4 is 9.47 Å². The number of hydrogen-bond donors (Lipinski definition) is 1. The Labute approximate surface area is 221 Å². The molecule has 0 unspecified atom stereocenters. The molecule has 1 N–H and O–H groups in total. The Kier molecular flexibility index (Phi) is 8.23. The van der Waals surface area contributed by atoms with Crippen LogP contribution in [-0.4, -0.2) is 24.7 Å². The molecule has 0 radical (unpaired) electrons. The Morgan fingerprint density at radius 3 is 2.61 bits per heavy atom. The maximum Gasteiger partial charge on any atom is 0.303 e. The van der Waals surface area contributed by atoms with Crippen molar-refractivity contribution in [1.82, 2.24) is 0 Å². The van der Waals surface area contributed by atoms with Crippen LogP contribution >= 0.6 is 0 Å². The SMILES string of the molecule is COc1ccc(F)c(-c2ccc(COc3cccc([C@H](CC(=O)O)C4CC4)c3)cc2C(C)(C)CN=[N+]=[N-])c1. The van der Waals surface area contributed by atoms with Crippen molar-refractivity contribution in [2.24, 2.45) is 11.0 Å². The van der Waals surface area contributed by atoms with Gasteiger partial charge in [-0.15, -0.1) is 0 Å². The summed E-state index contributed by atoms with van der Waals surface area (Å²) in [5.74, 6) is 0.430. The van der Waals surface area contributed by atoms with Crippen LogP contribution in [0.5, 0.6) is 11.5 Å². The van der Waals surface area contributed by atoms with Gasteiger partial charge < -0.3 is 14.6 Å². The molecule has 38 heavy (non-hydrogen) atoms. The van der Waals surface area contributed by atoms with E-state index in [9.17, 15) is 14.3 Å². The van der Waals surface area contributed by atoms with Gasteiger partial charge in [0.15, 0.2) is 0 Å². The lowest BCUT2D eigenvalue weighted by atomic mass is 9.79. The lowest BCUT2D eigenvalue weighted by Crippen LogP contribution is -2.22. The van der Waals surface area contributed by atoms with Crippen molar-refractivity contribution in [1.29, 1.82) is 0 Å². The first kappa shape index (κ1) is 27.0. The summed E-state index contributed by atoms with van der Waals surface area (Å²) >= 11 is 0. The Morgan fingerprint density at radius 1 is 1.13 bits per heavy atom. The predicted molar refractivity (Wildman–Crippen MR) is 144 cm³/mol. The third-order valence-electron chi connectivity index (χ3n) is 7.08. The Hall–Kier alpha value is -4.03. The van der Waals surface area contributed by atoms with E-state index in [1.807, 2.05) is 56.3 Å². The minimum absolute atomic E-state index is 0.0128. The second-order valence-electron chi connectivity index (χ2n) is 10.4. The zero-order valence-electron chi connectivity index (χ0n) is 21.9. The molecule has 0 bridgehead atoms. The van der Waals surface area contributed by atoms with E-state index in [4.69, 9.17) is 15.0 Å². The lowest BCUT2D eigenvalue weighted by molar-refractivity contribution is -0.137. The summed E-state index contributed by atoms with van der Waals surface area (Å²) in [5, 5.41) is 13.1. The molecule has 198 valence electrons. The number of methoxy groups -OCH3 is 1. The second kappa shape index (κ2) is 11.6. The van der Waals surface area contributed by atoms with Gasteiger partial charge >= 0.3 is 5.97 Å². The molecule has 0 aromatic heterocycles. The Balaban J connectivity index is 1.63. The summed E-state index contributed by atoms with van der Waals surface area (Å²) in [4.78, 5) is 14.3. The lowest BCUT2D eigenvalue weighted by Gasteiger charge is -2.27. The van der Waals surface area contributed by atoms with Gasteiger partial charge in [-0.2, -0.15) is 0 Å². The first-order valence-corrected chi connectivity index (χ1v) is 12.6. The highest BCUT2D eigenvalue weighted by Crippen LogP contribution is 2.45. The van der Waals surface area contributed by atoms with Crippen LogP contribution in [0.3, 0.4) is 0 Å². The van der Waals surface area contributed by atoms with Gasteiger partial charge in [-0.05, 0) is 88.2 Å². The number of hydrogen-bond acceptors (Lipinski definition) is 4. The van der Waals surface area contributed by atoms with E-state index in [1.165, 1.54) is 13.2 Å². The summed E-state index contributed by atoms with van der Waals surface area (Å²) in [5.41, 5.74) is 12.1. The third-order valence-corrected chi connectivity index (χ3v) is 7.08. The van der Waals surface area contributed by atoms with Gasteiger partial charge in [0.05, 0.1) is 13.5 Å². The molecular formula is C30H32FN3O4. The van der Waals surface area contributed by atoms with Crippen molar-refractivity contribution in [3.8, 4) is 22.6 Å². The summed E-state index contributed by atoms with van der Waals surface area (Å²) in [6.45, 7) is 4.36. The Morgan fingerprint density at radius 2 is 1.92 bits per heavy atom. The predicted octanol–water partition coefficient (Wildman–Crippen LogP) is 7.64. The highest BCUT2D eigenvalue weighted by molar-refractivity contribution is 5.71. The van der Waals surface area contributed by atoms with E-state index in [1.54, 1.807) is 12.1 Å². The fraction of sp³-hybridized carbons (Fsp3) is 0.367. The van der Waals surface area contributed by atoms with E-state index < -0.39 is 11.4 Å². The van der Waals surface area contributed by atoms with Crippen LogP contribution in [0, 0.1) is 11.7 Å². The number of nitrogens with zero attached hydrogens (tertiary/aromatic N) is 3. The zero-order chi connectivity index (χ0) is 27.3. The molecule has 7 nitrogen and oxygen atoms in total. The van der Waals surface area contributed by atoms with Gasteiger partial charge in [0, 0.05) is 17.0 Å². The van der Waals surface area contributed by atoms with E-state index in [2.05, 4.69) is 10.0 Å². The number of ether oxygens (including phenoxy) is 2. The maximum atomic E-state index is 14.9. The topological polar surface area (TPSA) is 105 Å². The molecule has 0 spiro atoms. The van der Waals surface area contributed by atoms with E-state index in [0.29, 0.717) is 28.5 Å². The molecule has 0 heterocycles. The van der Waals surface area contributed by atoms with Crippen molar-refractivity contribution in [2.75, 3.05) is 13.7 Å².